The second-order valence-electron chi connectivity index (χ2n) is 14.1. The number of nitrogens with zero attached hydrogens (tertiary/aromatic N) is 3. The van der Waals surface area contributed by atoms with Gasteiger partial charge in [-0.05, 0) is 67.0 Å². The number of aliphatic hydroxyl groups is 2. The number of aliphatic hydroxyl groups excluding tert-OH is 2. The monoisotopic (exact) mass is 687 g/mol. The zero-order chi connectivity index (χ0) is 35.9. The first-order chi connectivity index (χ1) is 24.0. The Morgan fingerprint density at radius 3 is 2.62 bits per heavy atom. The van der Waals surface area contributed by atoms with Crippen LogP contribution in [0.4, 0.5) is 5.69 Å². The van der Waals surface area contributed by atoms with Crippen LogP contribution in [0.5, 0.6) is 5.75 Å². The minimum absolute atomic E-state index is 0.0273. The number of amides is 2. The summed E-state index contributed by atoms with van der Waals surface area (Å²) < 4.78 is 6.02. The number of hydrogen-bond donors (Lipinski definition) is 4. The summed E-state index contributed by atoms with van der Waals surface area (Å²) in [5.41, 5.74) is 4.73. The van der Waals surface area contributed by atoms with Gasteiger partial charge < -0.3 is 30.5 Å². The molecule has 0 spiro atoms. The number of para-hydroxylation sites is 1. The second kappa shape index (κ2) is 16.8. The Kier molecular flexibility index (Phi) is 12.5. The van der Waals surface area contributed by atoms with Crippen LogP contribution in [0.25, 0.3) is 11.1 Å². The average molecular weight is 688 g/mol. The SMILES string of the molecule is COc1c(CN2O[C@@H](CO)[C@H]([C@H](C)O)[C@H]2C(=O)N[C@H]2CCC[C@H](C)[C@@H]2C)cccc1-c1cc(C(=O)NCCc2cccnc2)cc(N(C)C)c1. The molecule has 2 aliphatic rings. The summed E-state index contributed by atoms with van der Waals surface area (Å²) in [5, 5.41) is 29.0. The van der Waals surface area contributed by atoms with Crippen molar-refractivity contribution in [1.82, 2.24) is 20.7 Å². The van der Waals surface area contributed by atoms with Gasteiger partial charge in [-0.1, -0.05) is 51.0 Å². The van der Waals surface area contributed by atoms with E-state index in [-0.39, 0.29) is 31.0 Å². The zero-order valence-electron chi connectivity index (χ0n) is 30.1. The molecule has 4 N–H and O–H groups in total. The van der Waals surface area contributed by atoms with E-state index in [1.165, 1.54) is 0 Å². The maximum absolute atomic E-state index is 14.0. The lowest BCUT2D eigenvalue weighted by atomic mass is 9.77. The molecule has 11 heteroatoms. The molecule has 1 aliphatic heterocycles. The van der Waals surface area contributed by atoms with Gasteiger partial charge in [0.15, 0.2) is 0 Å². The van der Waals surface area contributed by atoms with Crippen molar-refractivity contribution >= 4 is 17.5 Å². The molecule has 2 amide bonds. The van der Waals surface area contributed by atoms with E-state index < -0.39 is 24.2 Å². The highest BCUT2D eigenvalue weighted by Gasteiger charge is 2.50. The van der Waals surface area contributed by atoms with Gasteiger partial charge in [-0.3, -0.25) is 19.4 Å². The van der Waals surface area contributed by atoms with Crippen molar-refractivity contribution in [2.45, 2.75) is 77.3 Å². The van der Waals surface area contributed by atoms with Crippen molar-refractivity contribution in [2.24, 2.45) is 17.8 Å². The van der Waals surface area contributed by atoms with Crippen LogP contribution in [0, 0.1) is 17.8 Å². The number of aromatic nitrogens is 1. The van der Waals surface area contributed by atoms with Crippen molar-refractivity contribution in [1.29, 1.82) is 0 Å². The Balaban J connectivity index is 1.43. The average Bonchev–Trinajstić information content (AvgIpc) is 3.49. The number of methoxy groups -OCH3 is 1. The number of carbonyl (C=O) groups is 2. The number of carbonyl (C=O) groups excluding carboxylic acids is 2. The lowest BCUT2D eigenvalue weighted by Crippen LogP contribution is -2.53. The van der Waals surface area contributed by atoms with Crippen LogP contribution >= 0.6 is 0 Å². The Hall–Kier alpha value is -4.03. The number of hydroxylamine groups is 2. The second-order valence-corrected chi connectivity index (χ2v) is 14.1. The topological polar surface area (TPSA) is 136 Å². The van der Waals surface area contributed by atoms with Crippen LogP contribution in [0.15, 0.2) is 60.9 Å². The number of nitrogens with one attached hydrogen (secondary N) is 2. The molecular formula is C39H53N5O6. The lowest BCUT2D eigenvalue weighted by Gasteiger charge is -2.36. The third-order valence-corrected chi connectivity index (χ3v) is 10.5. The molecule has 1 saturated heterocycles. The molecule has 5 rings (SSSR count). The van der Waals surface area contributed by atoms with Crippen LogP contribution in [-0.2, 0) is 22.6 Å². The minimum Gasteiger partial charge on any atom is -0.496 e. The van der Waals surface area contributed by atoms with Gasteiger partial charge in [0.1, 0.15) is 17.9 Å². The number of rotatable bonds is 13. The van der Waals surface area contributed by atoms with Crippen LogP contribution < -0.4 is 20.3 Å². The van der Waals surface area contributed by atoms with Gasteiger partial charge in [0, 0.05) is 67.4 Å². The Morgan fingerprint density at radius 1 is 1.14 bits per heavy atom. The van der Waals surface area contributed by atoms with Gasteiger partial charge >= 0.3 is 0 Å². The third-order valence-electron chi connectivity index (χ3n) is 10.5. The van der Waals surface area contributed by atoms with Gasteiger partial charge in [-0.25, -0.2) is 0 Å². The molecule has 7 atom stereocenters. The fourth-order valence-electron chi connectivity index (χ4n) is 7.40. The molecule has 1 saturated carbocycles. The molecule has 0 unspecified atom stereocenters. The molecule has 50 heavy (non-hydrogen) atoms. The largest absolute Gasteiger partial charge is 0.496 e. The number of anilines is 1. The van der Waals surface area contributed by atoms with Crippen LogP contribution in [0.2, 0.25) is 0 Å². The van der Waals surface area contributed by atoms with E-state index in [2.05, 4.69) is 29.5 Å². The number of ether oxygens (including phenoxy) is 1. The minimum atomic E-state index is -0.897. The molecule has 1 aliphatic carbocycles. The van der Waals surface area contributed by atoms with Gasteiger partial charge in [0.05, 0.1) is 26.4 Å². The molecule has 11 nitrogen and oxygen atoms in total. The highest BCUT2D eigenvalue weighted by molar-refractivity contribution is 5.97. The van der Waals surface area contributed by atoms with E-state index in [4.69, 9.17) is 9.57 Å². The highest BCUT2D eigenvalue weighted by atomic mass is 16.7. The first kappa shape index (κ1) is 37.2. The van der Waals surface area contributed by atoms with Crippen molar-refractivity contribution in [2.75, 3.05) is 39.3 Å². The number of pyridine rings is 1. The van der Waals surface area contributed by atoms with E-state index in [0.717, 1.165) is 47.2 Å². The predicted molar refractivity (Wildman–Crippen MR) is 194 cm³/mol. The standard InChI is InChI=1S/C39H53N5O6/c1-24-10-7-14-33(25(24)2)42-39(48)36-35(26(3)46)34(23-45)50-44(36)22-28-12-8-13-32(37(28)49-6)29-18-30(20-31(19-29)43(4)5)38(47)41-17-15-27-11-9-16-40-21-27/h8-9,11-13,16,18-21,24-26,33-36,45-46H,7,10,14-15,17,22-23H2,1-6H3,(H,41,47)(H,42,48)/t24-,25-,26-,33-,34-,35-,36-/m0/s1. The smallest absolute Gasteiger partial charge is 0.251 e. The van der Waals surface area contributed by atoms with Crippen molar-refractivity contribution in [3.8, 4) is 16.9 Å². The Labute approximate surface area is 295 Å². The summed E-state index contributed by atoms with van der Waals surface area (Å²) in [5.74, 6) is 0.357. The molecule has 0 radical (unpaired) electrons. The molecule has 3 aromatic rings. The molecule has 0 bridgehead atoms. The molecule has 2 aromatic carbocycles. The fourth-order valence-corrected chi connectivity index (χ4v) is 7.40. The van der Waals surface area contributed by atoms with Gasteiger partial charge in [-0.2, -0.15) is 5.06 Å². The van der Waals surface area contributed by atoms with Gasteiger partial charge in [0.2, 0.25) is 5.91 Å². The Bertz CT molecular complexity index is 1600. The first-order valence-electron chi connectivity index (χ1n) is 17.7. The van der Waals surface area contributed by atoms with E-state index in [0.29, 0.717) is 36.1 Å². The summed E-state index contributed by atoms with van der Waals surface area (Å²) in [6.45, 7) is 6.34. The predicted octanol–water partition coefficient (Wildman–Crippen LogP) is 4.21. The van der Waals surface area contributed by atoms with E-state index in [9.17, 15) is 19.8 Å². The first-order valence-corrected chi connectivity index (χ1v) is 17.7. The van der Waals surface area contributed by atoms with E-state index >= 15 is 0 Å². The number of hydrogen-bond acceptors (Lipinski definition) is 9. The molecule has 270 valence electrons. The molecule has 2 fully saturated rings. The summed E-state index contributed by atoms with van der Waals surface area (Å²) in [4.78, 5) is 39.8. The Morgan fingerprint density at radius 2 is 1.94 bits per heavy atom. The van der Waals surface area contributed by atoms with Crippen LogP contribution in [0.1, 0.15) is 61.5 Å². The molecular weight excluding hydrogens is 634 g/mol. The summed E-state index contributed by atoms with van der Waals surface area (Å²) in [7, 11) is 5.45. The van der Waals surface area contributed by atoms with Gasteiger partial charge in [-0.15, -0.1) is 0 Å². The van der Waals surface area contributed by atoms with Gasteiger partial charge in [0.25, 0.3) is 5.91 Å². The lowest BCUT2D eigenvalue weighted by molar-refractivity contribution is -0.182. The number of benzene rings is 2. The summed E-state index contributed by atoms with van der Waals surface area (Å²) in [6, 6.07) is 14.6. The summed E-state index contributed by atoms with van der Waals surface area (Å²) >= 11 is 0. The molecule has 1 aromatic heterocycles. The van der Waals surface area contributed by atoms with E-state index in [1.807, 2.05) is 67.5 Å². The van der Waals surface area contributed by atoms with Crippen LogP contribution in [-0.4, -0.2) is 90.7 Å². The fraction of sp³-hybridized carbons (Fsp3) is 0.513. The summed E-state index contributed by atoms with van der Waals surface area (Å²) in [6.07, 6.45) is 5.63. The van der Waals surface area contributed by atoms with Crippen molar-refractivity contribution in [3.05, 3.63) is 77.6 Å². The normalized spacial score (nSPS) is 24.4. The zero-order valence-corrected chi connectivity index (χ0v) is 30.1. The highest BCUT2D eigenvalue weighted by Crippen LogP contribution is 2.39. The quantitative estimate of drug-likeness (QED) is 0.208. The van der Waals surface area contributed by atoms with Crippen molar-refractivity contribution in [3.63, 3.8) is 0 Å². The maximum atomic E-state index is 14.0. The maximum Gasteiger partial charge on any atom is 0.251 e. The van der Waals surface area contributed by atoms with Crippen LogP contribution in [0.3, 0.4) is 0 Å². The van der Waals surface area contributed by atoms with E-state index in [1.54, 1.807) is 31.5 Å². The van der Waals surface area contributed by atoms with Crippen molar-refractivity contribution < 1.29 is 29.4 Å². The molecule has 2 heterocycles. The third kappa shape index (κ3) is 8.46.